The number of carbonyl (C=O) groups is 2. The number of fused-ring (bicyclic) bond motifs is 1. The smallest absolute Gasteiger partial charge is 0.230 e. The summed E-state index contributed by atoms with van der Waals surface area (Å²) >= 11 is 0. The van der Waals surface area contributed by atoms with Crippen molar-refractivity contribution in [2.24, 2.45) is 5.41 Å². The number of piperidine rings is 1. The topological polar surface area (TPSA) is 58.6 Å². The van der Waals surface area contributed by atoms with E-state index in [1.165, 1.54) is 0 Å². The van der Waals surface area contributed by atoms with Gasteiger partial charge in [-0.2, -0.15) is 0 Å². The number of amides is 2. The number of rotatable bonds is 5. The van der Waals surface area contributed by atoms with E-state index in [4.69, 9.17) is 4.74 Å². The van der Waals surface area contributed by atoms with Crippen molar-refractivity contribution in [3.8, 4) is 5.75 Å². The molecule has 2 atom stereocenters. The molecule has 0 spiro atoms. The molecule has 5 heteroatoms. The number of nitrogens with zero attached hydrogens (tertiary/aromatic N) is 1. The first-order valence-electron chi connectivity index (χ1n) is 9.69. The highest BCUT2D eigenvalue weighted by molar-refractivity contribution is 5.91. The fourth-order valence-electron chi connectivity index (χ4n) is 5.12. The van der Waals surface area contributed by atoms with Crippen LogP contribution >= 0.6 is 0 Å². The van der Waals surface area contributed by atoms with Crippen LogP contribution in [0.5, 0.6) is 5.75 Å². The molecule has 3 aliphatic rings. The number of likely N-dealkylation sites (tertiary alicyclic amines) is 1. The van der Waals surface area contributed by atoms with Crippen molar-refractivity contribution in [2.45, 2.75) is 56.4 Å². The Morgan fingerprint density at radius 3 is 2.62 bits per heavy atom. The third kappa shape index (κ3) is 2.68. The standard InChI is InChI=1S/C21H28N2O3/c1-23-17-4-3-10-20(17,11-9-18(23)24)14-22-19(25)21(12-13-21)15-5-7-16(26-2)8-6-15/h5-8,17H,3-4,9-14H2,1-2H3,(H,22,25)/t17-,20+/m1/s1. The second-order valence-electron chi connectivity index (χ2n) is 8.27. The van der Waals surface area contributed by atoms with E-state index in [1.54, 1.807) is 7.11 Å². The molecule has 1 heterocycles. The second kappa shape index (κ2) is 6.29. The molecule has 140 valence electrons. The van der Waals surface area contributed by atoms with Crippen molar-refractivity contribution >= 4 is 11.8 Å². The van der Waals surface area contributed by atoms with Gasteiger partial charge < -0.3 is 15.0 Å². The molecular weight excluding hydrogens is 328 g/mol. The molecule has 4 rings (SSSR count). The predicted molar refractivity (Wildman–Crippen MR) is 99.0 cm³/mol. The SMILES string of the molecule is COc1ccc(C2(C(=O)NC[C@@]34CCC[C@H]3N(C)C(=O)CC4)CC2)cc1. The average molecular weight is 356 g/mol. The minimum atomic E-state index is -0.368. The third-order valence-electron chi connectivity index (χ3n) is 6.99. The molecule has 26 heavy (non-hydrogen) atoms. The van der Waals surface area contributed by atoms with Crippen LogP contribution in [0.4, 0.5) is 0 Å². The quantitative estimate of drug-likeness (QED) is 0.882. The van der Waals surface area contributed by atoms with Crippen molar-refractivity contribution in [3.05, 3.63) is 29.8 Å². The van der Waals surface area contributed by atoms with Crippen LogP contribution in [0, 0.1) is 5.41 Å². The molecule has 2 amide bonds. The minimum Gasteiger partial charge on any atom is -0.497 e. The maximum Gasteiger partial charge on any atom is 0.230 e. The summed E-state index contributed by atoms with van der Waals surface area (Å²) in [5.41, 5.74) is 0.772. The molecule has 0 radical (unpaired) electrons. The summed E-state index contributed by atoms with van der Waals surface area (Å²) in [6.45, 7) is 0.687. The summed E-state index contributed by atoms with van der Waals surface area (Å²) in [6.07, 6.45) is 6.61. The Morgan fingerprint density at radius 1 is 1.23 bits per heavy atom. The first-order chi connectivity index (χ1) is 12.5. The molecule has 2 saturated carbocycles. The van der Waals surface area contributed by atoms with Gasteiger partial charge in [-0.05, 0) is 49.8 Å². The Balaban J connectivity index is 1.46. The van der Waals surface area contributed by atoms with E-state index >= 15 is 0 Å². The third-order valence-corrected chi connectivity index (χ3v) is 6.99. The Bertz CT molecular complexity index is 710. The van der Waals surface area contributed by atoms with Crippen LogP contribution in [0.1, 0.15) is 50.5 Å². The van der Waals surface area contributed by atoms with Gasteiger partial charge in [0, 0.05) is 31.5 Å². The van der Waals surface area contributed by atoms with Crippen LogP contribution < -0.4 is 10.1 Å². The lowest BCUT2D eigenvalue weighted by Crippen LogP contribution is -2.55. The zero-order valence-electron chi connectivity index (χ0n) is 15.7. The van der Waals surface area contributed by atoms with Gasteiger partial charge in [-0.1, -0.05) is 18.6 Å². The van der Waals surface area contributed by atoms with E-state index in [1.807, 2.05) is 36.2 Å². The van der Waals surface area contributed by atoms with Crippen LogP contribution in [0.15, 0.2) is 24.3 Å². The van der Waals surface area contributed by atoms with E-state index in [-0.39, 0.29) is 28.7 Å². The van der Waals surface area contributed by atoms with Crippen LogP contribution in [0.25, 0.3) is 0 Å². The van der Waals surface area contributed by atoms with Crippen molar-refractivity contribution < 1.29 is 14.3 Å². The largest absolute Gasteiger partial charge is 0.497 e. The van der Waals surface area contributed by atoms with E-state index in [2.05, 4.69) is 5.32 Å². The van der Waals surface area contributed by atoms with E-state index in [9.17, 15) is 9.59 Å². The fraction of sp³-hybridized carbons (Fsp3) is 0.619. The Morgan fingerprint density at radius 2 is 1.96 bits per heavy atom. The summed E-state index contributed by atoms with van der Waals surface area (Å²) in [5.74, 6) is 1.20. The summed E-state index contributed by atoms with van der Waals surface area (Å²) in [7, 11) is 3.58. The molecule has 1 aromatic rings. The molecule has 3 fully saturated rings. The lowest BCUT2D eigenvalue weighted by Gasteiger charge is -2.45. The fourth-order valence-corrected chi connectivity index (χ4v) is 5.12. The Labute approximate surface area is 155 Å². The average Bonchev–Trinajstić information content (AvgIpc) is 3.37. The molecule has 1 aliphatic heterocycles. The number of hydrogen-bond donors (Lipinski definition) is 1. The lowest BCUT2D eigenvalue weighted by atomic mass is 9.74. The van der Waals surface area contributed by atoms with E-state index in [0.29, 0.717) is 13.0 Å². The summed E-state index contributed by atoms with van der Waals surface area (Å²) < 4.78 is 5.22. The van der Waals surface area contributed by atoms with Crippen molar-refractivity contribution in [1.82, 2.24) is 10.2 Å². The van der Waals surface area contributed by atoms with Gasteiger partial charge in [0.1, 0.15) is 5.75 Å². The molecule has 5 nitrogen and oxygen atoms in total. The van der Waals surface area contributed by atoms with Gasteiger partial charge in [0.2, 0.25) is 11.8 Å². The van der Waals surface area contributed by atoms with Gasteiger partial charge in [0.05, 0.1) is 12.5 Å². The van der Waals surface area contributed by atoms with Crippen molar-refractivity contribution in [1.29, 1.82) is 0 Å². The molecular formula is C21H28N2O3. The molecule has 0 unspecified atom stereocenters. The Hall–Kier alpha value is -2.04. The van der Waals surface area contributed by atoms with Gasteiger partial charge in [0.15, 0.2) is 0 Å². The zero-order valence-corrected chi connectivity index (χ0v) is 15.7. The number of methoxy groups -OCH3 is 1. The maximum absolute atomic E-state index is 13.0. The van der Waals surface area contributed by atoms with Crippen LogP contribution in [-0.4, -0.2) is 43.5 Å². The number of carbonyl (C=O) groups excluding carboxylic acids is 2. The molecule has 1 aromatic carbocycles. The lowest BCUT2D eigenvalue weighted by molar-refractivity contribution is -0.139. The number of ether oxygens (including phenoxy) is 1. The second-order valence-corrected chi connectivity index (χ2v) is 8.27. The predicted octanol–water partition coefficient (Wildman–Crippen LogP) is 2.63. The molecule has 0 aromatic heterocycles. The number of hydrogen-bond acceptors (Lipinski definition) is 3. The van der Waals surface area contributed by atoms with Gasteiger partial charge in [0.25, 0.3) is 0 Å². The highest BCUT2D eigenvalue weighted by atomic mass is 16.5. The van der Waals surface area contributed by atoms with Crippen LogP contribution in [0.3, 0.4) is 0 Å². The monoisotopic (exact) mass is 356 g/mol. The van der Waals surface area contributed by atoms with E-state index < -0.39 is 0 Å². The van der Waals surface area contributed by atoms with Gasteiger partial charge >= 0.3 is 0 Å². The molecule has 1 N–H and O–H groups in total. The maximum atomic E-state index is 13.0. The summed E-state index contributed by atoms with van der Waals surface area (Å²) in [6, 6.07) is 8.15. The first kappa shape index (κ1) is 17.4. The molecule has 1 saturated heterocycles. The molecule has 2 aliphatic carbocycles. The summed E-state index contributed by atoms with van der Waals surface area (Å²) in [4.78, 5) is 27.0. The van der Waals surface area contributed by atoms with Gasteiger partial charge in [-0.3, -0.25) is 9.59 Å². The minimum absolute atomic E-state index is 0.0638. The van der Waals surface area contributed by atoms with Crippen molar-refractivity contribution in [3.63, 3.8) is 0 Å². The Kier molecular flexibility index (Phi) is 4.20. The van der Waals surface area contributed by atoms with Crippen LogP contribution in [0.2, 0.25) is 0 Å². The highest BCUT2D eigenvalue weighted by Crippen LogP contribution is 2.50. The van der Waals surface area contributed by atoms with E-state index in [0.717, 1.165) is 49.8 Å². The highest BCUT2D eigenvalue weighted by Gasteiger charge is 2.53. The summed E-state index contributed by atoms with van der Waals surface area (Å²) in [5, 5.41) is 3.27. The van der Waals surface area contributed by atoms with Crippen LogP contribution in [-0.2, 0) is 15.0 Å². The normalized spacial score (nSPS) is 29.2. The zero-order chi connectivity index (χ0) is 18.4. The van der Waals surface area contributed by atoms with Gasteiger partial charge in [-0.25, -0.2) is 0 Å². The number of nitrogens with one attached hydrogen (secondary N) is 1. The number of benzene rings is 1. The molecule has 0 bridgehead atoms. The first-order valence-corrected chi connectivity index (χ1v) is 9.69. The van der Waals surface area contributed by atoms with Crippen molar-refractivity contribution in [2.75, 3.05) is 20.7 Å². The van der Waals surface area contributed by atoms with Gasteiger partial charge in [-0.15, -0.1) is 0 Å².